The predicted octanol–water partition coefficient (Wildman–Crippen LogP) is 2.92. The van der Waals surface area contributed by atoms with Gasteiger partial charge in [-0.15, -0.1) is 0 Å². The van der Waals surface area contributed by atoms with Gasteiger partial charge in [0.15, 0.2) is 6.39 Å². The van der Waals surface area contributed by atoms with Crippen molar-refractivity contribution in [3.63, 3.8) is 0 Å². The lowest BCUT2D eigenvalue weighted by molar-refractivity contribution is 0.0672. The minimum Gasteiger partial charge on any atom is -0.438 e. The number of nitrogens with one attached hydrogen (secondary N) is 1. The molecule has 8 nitrogen and oxygen atoms in total. The Bertz CT molecular complexity index is 1110. The van der Waals surface area contributed by atoms with Crippen LogP contribution in [0.3, 0.4) is 0 Å². The lowest BCUT2D eigenvalue weighted by Crippen LogP contribution is -2.39. The van der Waals surface area contributed by atoms with E-state index < -0.39 is 0 Å². The van der Waals surface area contributed by atoms with E-state index in [1.165, 1.54) is 17.5 Å². The van der Waals surface area contributed by atoms with Crippen LogP contribution in [0.4, 0.5) is 0 Å². The van der Waals surface area contributed by atoms with Crippen LogP contribution in [0.25, 0.3) is 0 Å². The van der Waals surface area contributed by atoms with Gasteiger partial charge in [-0.2, -0.15) is 5.10 Å². The Morgan fingerprint density at radius 2 is 1.84 bits per heavy atom. The van der Waals surface area contributed by atoms with Gasteiger partial charge in [-0.05, 0) is 37.3 Å². The number of aryl methyl sites for hydroxylation is 1. The molecule has 1 fully saturated rings. The van der Waals surface area contributed by atoms with Gasteiger partial charge in [0, 0.05) is 32.1 Å². The number of H-pyrrole nitrogens is 1. The summed E-state index contributed by atoms with van der Waals surface area (Å²) in [6.07, 6.45) is 5.36. The number of hydrogen-bond donors (Lipinski definition) is 1. The number of aromatic nitrogens is 3. The first kappa shape index (κ1) is 19.5. The van der Waals surface area contributed by atoms with Crippen molar-refractivity contribution in [2.45, 2.75) is 38.6 Å². The summed E-state index contributed by atoms with van der Waals surface area (Å²) in [6.45, 7) is 4.32. The normalized spacial score (nSPS) is 16.9. The number of amides is 2. The molecule has 160 valence electrons. The van der Waals surface area contributed by atoms with Gasteiger partial charge in [0.1, 0.15) is 0 Å². The topological polar surface area (TPSA) is 95.3 Å². The molecule has 1 aromatic carbocycles. The average molecular weight is 419 g/mol. The Morgan fingerprint density at radius 1 is 1.06 bits per heavy atom. The molecule has 0 unspecified atom stereocenters. The Hall–Kier alpha value is -3.42. The van der Waals surface area contributed by atoms with Crippen molar-refractivity contribution in [2.75, 3.05) is 19.6 Å². The molecule has 0 atom stereocenters. The minimum atomic E-state index is -0.124. The molecule has 2 aliphatic rings. The highest BCUT2D eigenvalue weighted by Gasteiger charge is 2.32. The molecule has 31 heavy (non-hydrogen) atoms. The number of carbonyl (C=O) groups is 2. The summed E-state index contributed by atoms with van der Waals surface area (Å²) in [5.41, 5.74) is 4.67. The number of hydrogen-bond acceptors (Lipinski definition) is 5. The van der Waals surface area contributed by atoms with E-state index in [1.54, 1.807) is 18.0 Å². The van der Waals surface area contributed by atoms with Crippen molar-refractivity contribution < 1.29 is 14.0 Å². The van der Waals surface area contributed by atoms with E-state index in [4.69, 9.17) is 4.42 Å². The van der Waals surface area contributed by atoms with Gasteiger partial charge in [0.25, 0.3) is 11.8 Å². The van der Waals surface area contributed by atoms with Crippen LogP contribution in [0, 0.1) is 6.92 Å². The molecule has 0 aliphatic carbocycles. The molecular weight excluding hydrogens is 394 g/mol. The van der Waals surface area contributed by atoms with Crippen LogP contribution in [0.1, 0.15) is 62.2 Å². The summed E-state index contributed by atoms with van der Waals surface area (Å²) in [5, 5.41) is 7.25. The third-order valence-electron chi connectivity index (χ3n) is 6.45. The number of nitrogens with zero attached hydrogens (tertiary/aromatic N) is 4. The van der Waals surface area contributed by atoms with E-state index >= 15 is 0 Å². The van der Waals surface area contributed by atoms with Crippen LogP contribution < -0.4 is 0 Å². The molecule has 0 spiro atoms. The molecular formula is C23H25N5O3. The standard InChI is InChI=1S/C23H25N5O3/c1-15-21(31-14-24-15)23(30)27-9-7-17(8-10-27)20-19(12-25-26-20)22(29)28-11-6-16-4-2-3-5-18(16)13-28/h2-5,12,14,17H,6-11,13H2,1H3,(H,25,26). The molecule has 3 aromatic rings. The van der Waals surface area contributed by atoms with Crippen LogP contribution in [0.15, 0.2) is 41.3 Å². The Kier molecular flexibility index (Phi) is 5.05. The zero-order valence-corrected chi connectivity index (χ0v) is 17.5. The smallest absolute Gasteiger partial charge is 0.291 e. The first-order valence-electron chi connectivity index (χ1n) is 10.7. The van der Waals surface area contributed by atoms with Crippen LogP contribution in [-0.4, -0.2) is 56.4 Å². The second-order valence-electron chi connectivity index (χ2n) is 8.28. The summed E-state index contributed by atoms with van der Waals surface area (Å²) in [4.78, 5) is 33.7. The Balaban J connectivity index is 1.26. The van der Waals surface area contributed by atoms with E-state index in [-0.39, 0.29) is 17.7 Å². The highest BCUT2D eigenvalue weighted by molar-refractivity contribution is 5.95. The number of fused-ring (bicyclic) bond motifs is 1. The average Bonchev–Trinajstić information content (AvgIpc) is 3.47. The molecule has 1 saturated heterocycles. The maximum atomic E-state index is 13.3. The molecule has 0 radical (unpaired) electrons. The molecule has 1 N–H and O–H groups in total. The molecule has 8 heteroatoms. The Morgan fingerprint density at radius 3 is 2.58 bits per heavy atom. The number of rotatable bonds is 3. The predicted molar refractivity (Wildman–Crippen MR) is 113 cm³/mol. The third-order valence-corrected chi connectivity index (χ3v) is 6.45. The maximum absolute atomic E-state index is 13.3. The van der Waals surface area contributed by atoms with Crippen LogP contribution in [0.2, 0.25) is 0 Å². The monoisotopic (exact) mass is 419 g/mol. The lowest BCUT2D eigenvalue weighted by Gasteiger charge is -2.32. The first-order valence-corrected chi connectivity index (χ1v) is 10.7. The Labute approximate surface area is 180 Å². The molecule has 0 saturated carbocycles. The second kappa shape index (κ2) is 8.02. The third kappa shape index (κ3) is 3.62. The van der Waals surface area contributed by atoms with E-state index in [0.29, 0.717) is 43.2 Å². The van der Waals surface area contributed by atoms with Gasteiger partial charge in [-0.25, -0.2) is 4.98 Å². The van der Waals surface area contributed by atoms with E-state index in [0.717, 1.165) is 25.0 Å². The SMILES string of the molecule is Cc1ncoc1C(=O)N1CCC(c2[nH]ncc2C(=O)N2CCc3ccccc3C2)CC1. The fourth-order valence-electron chi connectivity index (χ4n) is 4.64. The van der Waals surface area contributed by atoms with Crippen molar-refractivity contribution in [2.24, 2.45) is 0 Å². The summed E-state index contributed by atoms with van der Waals surface area (Å²) >= 11 is 0. The van der Waals surface area contributed by atoms with Crippen molar-refractivity contribution in [3.05, 3.63) is 70.7 Å². The number of piperidine rings is 1. The fourth-order valence-corrected chi connectivity index (χ4v) is 4.64. The zero-order chi connectivity index (χ0) is 21.4. The molecule has 4 heterocycles. The zero-order valence-electron chi connectivity index (χ0n) is 17.5. The van der Waals surface area contributed by atoms with E-state index in [1.807, 2.05) is 17.0 Å². The number of oxazole rings is 1. The summed E-state index contributed by atoms with van der Waals surface area (Å²) in [6, 6.07) is 8.29. The molecule has 5 rings (SSSR count). The number of carbonyl (C=O) groups excluding carboxylic acids is 2. The first-order chi connectivity index (χ1) is 15.1. The highest BCUT2D eigenvalue weighted by Crippen LogP contribution is 2.31. The van der Waals surface area contributed by atoms with Crippen molar-refractivity contribution in [1.29, 1.82) is 0 Å². The van der Waals surface area contributed by atoms with E-state index in [2.05, 4.69) is 27.3 Å². The van der Waals surface area contributed by atoms with E-state index in [9.17, 15) is 9.59 Å². The van der Waals surface area contributed by atoms with Crippen molar-refractivity contribution in [1.82, 2.24) is 25.0 Å². The van der Waals surface area contributed by atoms with Gasteiger partial charge in [0.2, 0.25) is 5.76 Å². The van der Waals surface area contributed by atoms with Gasteiger partial charge >= 0.3 is 0 Å². The summed E-state index contributed by atoms with van der Waals surface area (Å²) in [7, 11) is 0. The summed E-state index contributed by atoms with van der Waals surface area (Å²) < 4.78 is 5.25. The van der Waals surface area contributed by atoms with Crippen LogP contribution in [-0.2, 0) is 13.0 Å². The van der Waals surface area contributed by atoms with Crippen LogP contribution >= 0.6 is 0 Å². The van der Waals surface area contributed by atoms with Gasteiger partial charge in [0.05, 0.1) is 23.1 Å². The molecule has 2 amide bonds. The van der Waals surface area contributed by atoms with Gasteiger partial charge in [-0.1, -0.05) is 24.3 Å². The highest BCUT2D eigenvalue weighted by atomic mass is 16.3. The van der Waals surface area contributed by atoms with Crippen LogP contribution in [0.5, 0.6) is 0 Å². The number of likely N-dealkylation sites (tertiary alicyclic amines) is 1. The van der Waals surface area contributed by atoms with Crippen molar-refractivity contribution in [3.8, 4) is 0 Å². The van der Waals surface area contributed by atoms with Gasteiger partial charge in [-0.3, -0.25) is 14.7 Å². The van der Waals surface area contributed by atoms with Gasteiger partial charge < -0.3 is 14.2 Å². The number of aromatic amines is 1. The van der Waals surface area contributed by atoms with Crippen molar-refractivity contribution >= 4 is 11.8 Å². The molecule has 2 aliphatic heterocycles. The molecule has 2 aromatic heterocycles. The quantitative estimate of drug-likeness (QED) is 0.704. The minimum absolute atomic E-state index is 0.0223. The fraction of sp³-hybridized carbons (Fsp3) is 0.391. The lowest BCUT2D eigenvalue weighted by atomic mass is 9.90. The largest absolute Gasteiger partial charge is 0.438 e. The maximum Gasteiger partial charge on any atom is 0.291 e. The summed E-state index contributed by atoms with van der Waals surface area (Å²) in [5.74, 6) is 0.370. The molecule has 0 bridgehead atoms. The number of benzene rings is 1. The second-order valence-corrected chi connectivity index (χ2v) is 8.28.